The minimum atomic E-state index is -0.730. The maximum Gasteiger partial charge on any atom is 0.348 e. The van der Waals surface area contributed by atoms with Crippen molar-refractivity contribution in [3.8, 4) is 5.75 Å². The molecule has 35 heavy (non-hydrogen) atoms. The molecule has 0 saturated carbocycles. The van der Waals surface area contributed by atoms with Crippen LogP contribution in [0.25, 0.3) is 0 Å². The van der Waals surface area contributed by atoms with E-state index < -0.39 is 17.8 Å². The Labute approximate surface area is 227 Å². The molecule has 0 aliphatic heterocycles. The molecule has 1 aromatic carbocycles. The van der Waals surface area contributed by atoms with Gasteiger partial charge >= 0.3 is 11.9 Å². The van der Waals surface area contributed by atoms with Gasteiger partial charge in [0.1, 0.15) is 32.3 Å². The SMILES string of the molecule is COC(=O)c1sc(NC(=O)c2ccc(COc3c(Cl)c(Cl)c(Cl)c(Cl)c3Cl)o2)c(C(=O)OC)c1C. The smallest absolute Gasteiger partial charge is 0.348 e. The molecule has 0 aliphatic rings. The Balaban J connectivity index is 1.80. The van der Waals surface area contributed by atoms with Crippen LogP contribution in [0.1, 0.15) is 41.9 Å². The first-order valence-corrected chi connectivity index (χ1v) is 12.1. The lowest BCUT2D eigenvalue weighted by molar-refractivity contribution is 0.0601. The normalized spacial score (nSPS) is 10.7. The van der Waals surface area contributed by atoms with Crippen molar-refractivity contribution in [2.45, 2.75) is 13.5 Å². The molecule has 0 atom stereocenters. The van der Waals surface area contributed by atoms with Crippen molar-refractivity contribution in [3.63, 3.8) is 0 Å². The Morgan fingerprint density at radius 3 is 2.06 bits per heavy atom. The number of esters is 2. The lowest BCUT2D eigenvalue weighted by atomic mass is 10.1. The van der Waals surface area contributed by atoms with Crippen LogP contribution < -0.4 is 10.1 Å². The van der Waals surface area contributed by atoms with Crippen LogP contribution >= 0.6 is 69.3 Å². The second-order valence-corrected chi connectivity index (χ2v) is 9.56. The zero-order valence-electron chi connectivity index (χ0n) is 18.0. The lowest BCUT2D eigenvalue weighted by Crippen LogP contribution is -2.13. The molecule has 0 aliphatic carbocycles. The molecule has 2 aromatic heterocycles. The maximum atomic E-state index is 12.8. The first-order chi connectivity index (χ1) is 16.5. The standard InChI is InChI=1S/C21H14Cl5NO7S/c1-7-10(20(29)31-2)19(35-17(7)21(30)32-3)27-18(28)9-5-4-8(34-9)6-33-16-14(25)12(23)11(22)13(24)15(16)26/h4-5H,6H2,1-3H3,(H,27,28). The number of furan rings is 1. The molecule has 0 saturated heterocycles. The molecular weight excluding hydrogens is 588 g/mol. The number of carbonyl (C=O) groups is 3. The van der Waals surface area contributed by atoms with Crippen LogP contribution in [0.5, 0.6) is 5.75 Å². The molecular formula is C21H14Cl5NO7S. The van der Waals surface area contributed by atoms with Crippen LogP contribution in [-0.2, 0) is 16.1 Å². The first-order valence-electron chi connectivity index (χ1n) is 9.36. The molecule has 0 spiro atoms. The fourth-order valence-corrected chi connectivity index (χ4v) is 5.17. The Bertz CT molecular complexity index is 1310. The summed E-state index contributed by atoms with van der Waals surface area (Å²) in [6, 6.07) is 2.87. The van der Waals surface area contributed by atoms with Gasteiger partial charge in [0, 0.05) is 0 Å². The highest BCUT2D eigenvalue weighted by molar-refractivity contribution is 7.18. The van der Waals surface area contributed by atoms with Crippen molar-refractivity contribution in [3.05, 3.63) is 64.8 Å². The number of carbonyl (C=O) groups excluding carboxylic acids is 3. The van der Waals surface area contributed by atoms with Gasteiger partial charge in [-0.2, -0.15) is 0 Å². The molecule has 0 bridgehead atoms. The Morgan fingerprint density at radius 1 is 0.914 bits per heavy atom. The summed E-state index contributed by atoms with van der Waals surface area (Å²) in [5.74, 6) is -1.96. The van der Waals surface area contributed by atoms with Crippen LogP contribution in [0.4, 0.5) is 5.00 Å². The first kappa shape index (κ1) is 27.4. The molecule has 8 nitrogen and oxygen atoms in total. The summed E-state index contributed by atoms with van der Waals surface area (Å²) in [6.45, 7) is 1.36. The second kappa shape index (κ2) is 11.3. The lowest BCUT2D eigenvalue weighted by Gasteiger charge is -2.12. The van der Waals surface area contributed by atoms with Crippen molar-refractivity contribution in [2.75, 3.05) is 19.5 Å². The maximum absolute atomic E-state index is 12.8. The Morgan fingerprint density at radius 2 is 1.49 bits per heavy atom. The fraction of sp³-hybridized carbons (Fsp3) is 0.190. The van der Waals surface area contributed by atoms with Gasteiger partial charge in [-0.3, -0.25) is 4.79 Å². The summed E-state index contributed by atoms with van der Waals surface area (Å²) >= 11 is 31.2. The number of nitrogens with one attached hydrogen (secondary N) is 1. The topological polar surface area (TPSA) is 104 Å². The minimum Gasteiger partial charge on any atom is -0.482 e. The van der Waals surface area contributed by atoms with Crippen LogP contribution in [0, 0.1) is 6.92 Å². The predicted octanol–water partition coefficient (Wildman–Crippen LogP) is 7.32. The molecule has 1 amide bonds. The number of thiophene rings is 1. The average molecular weight is 602 g/mol. The van der Waals surface area contributed by atoms with E-state index in [9.17, 15) is 14.4 Å². The quantitative estimate of drug-likeness (QED) is 0.172. The highest BCUT2D eigenvalue weighted by Gasteiger charge is 2.28. The monoisotopic (exact) mass is 599 g/mol. The number of methoxy groups -OCH3 is 2. The van der Waals surface area contributed by atoms with Crippen molar-refractivity contribution in [1.82, 2.24) is 0 Å². The molecule has 0 radical (unpaired) electrons. The number of benzene rings is 1. The largest absolute Gasteiger partial charge is 0.482 e. The molecule has 3 aromatic rings. The van der Waals surface area contributed by atoms with Gasteiger partial charge in [-0.15, -0.1) is 11.3 Å². The van der Waals surface area contributed by atoms with E-state index in [0.717, 1.165) is 11.3 Å². The van der Waals surface area contributed by atoms with Gasteiger partial charge in [0.25, 0.3) is 5.91 Å². The molecule has 1 N–H and O–H groups in total. The summed E-state index contributed by atoms with van der Waals surface area (Å²) in [5.41, 5.74) is 0.341. The van der Waals surface area contributed by atoms with E-state index >= 15 is 0 Å². The number of anilines is 1. The summed E-state index contributed by atoms with van der Waals surface area (Å²) in [6.07, 6.45) is 0. The number of amides is 1. The van der Waals surface area contributed by atoms with E-state index in [4.69, 9.17) is 76.6 Å². The van der Waals surface area contributed by atoms with Gasteiger partial charge < -0.3 is 23.9 Å². The van der Waals surface area contributed by atoms with E-state index in [-0.39, 0.29) is 64.4 Å². The molecule has 3 rings (SSSR count). The van der Waals surface area contributed by atoms with Gasteiger partial charge in [0.2, 0.25) is 0 Å². The Kier molecular flexibility index (Phi) is 8.85. The van der Waals surface area contributed by atoms with Crippen molar-refractivity contribution < 1.29 is 33.0 Å². The summed E-state index contributed by atoms with van der Waals surface area (Å²) in [4.78, 5) is 37.2. The van der Waals surface area contributed by atoms with Crippen molar-refractivity contribution in [1.29, 1.82) is 0 Å². The third-order valence-electron chi connectivity index (χ3n) is 4.55. The minimum absolute atomic E-state index is 0.0118. The number of halogens is 5. The van der Waals surface area contributed by atoms with E-state index in [0.29, 0.717) is 5.56 Å². The van der Waals surface area contributed by atoms with Crippen LogP contribution in [-0.4, -0.2) is 32.1 Å². The summed E-state index contributed by atoms with van der Waals surface area (Å²) in [5, 5.41) is 2.49. The number of ether oxygens (including phenoxy) is 3. The highest BCUT2D eigenvalue weighted by Crippen LogP contribution is 2.48. The number of rotatable bonds is 7. The fourth-order valence-electron chi connectivity index (χ4n) is 2.83. The summed E-state index contributed by atoms with van der Waals surface area (Å²) < 4.78 is 20.6. The number of hydrogen-bond acceptors (Lipinski definition) is 8. The highest BCUT2D eigenvalue weighted by atomic mass is 35.5. The van der Waals surface area contributed by atoms with Gasteiger partial charge in [0.15, 0.2) is 11.5 Å². The third-order valence-corrected chi connectivity index (χ3v) is 7.98. The molecule has 2 heterocycles. The second-order valence-electron chi connectivity index (χ2n) is 6.65. The van der Waals surface area contributed by atoms with Crippen LogP contribution in [0.2, 0.25) is 25.1 Å². The van der Waals surface area contributed by atoms with Crippen LogP contribution in [0.3, 0.4) is 0 Å². The van der Waals surface area contributed by atoms with Crippen molar-refractivity contribution in [2.24, 2.45) is 0 Å². The molecule has 0 fully saturated rings. The van der Waals surface area contributed by atoms with Gasteiger partial charge in [-0.25, -0.2) is 9.59 Å². The zero-order valence-corrected chi connectivity index (χ0v) is 22.6. The van der Waals surface area contributed by atoms with Crippen LogP contribution in [0.15, 0.2) is 16.5 Å². The summed E-state index contributed by atoms with van der Waals surface area (Å²) in [7, 11) is 2.39. The third kappa shape index (κ3) is 5.50. The van der Waals surface area contributed by atoms with E-state index in [1.54, 1.807) is 6.92 Å². The molecule has 0 unspecified atom stereocenters. The average Bonchev–Trinajstić information content (AvgIpc) is 3.45. The predicted molar refractivity (Wildman–Crippen MR) is 134 cm³/mol. The van der Waals surface area contributed by atoms with E-state index in [1.807, 2.05) is 0 Å². The van der Waals surface area contributed by atoms with Gasteiger partial charge in [-0.05, 0) is 24.6 Å². The van der Waals surface area contributed by atoms with Crippen molar-refractivity contribution >= 4 is 92.2 Å². The van der Waals surface area contributed by atoms with Gasteiger partial charge in [-0.1, -0.05) is 58.0 Å². The molecule has 14 heteroatoms. The molecule has 186 valence electrons. The van der Waals surface area contributed by atoms with E-state index in [2.05, 4.69) is 5.32 Å². The van der Waals surface area contributed by atoms with E-state index in [1.165, 1.54) is 26.4 Å². The number of hydrogen-bond donors (Lipinski definition) is 1. The van der Waals surface area contributed by atoms with Gasteiger partial charge in [0.05, 0.1) is 34.9 Å². The zero-order chi connectivity index (χ0) is 26.0. The Hall–Kier alpha value is -2.14.